The second-order valence-electron chi connectivity index (χ2n) is 11.0. The summed E-state index contributed by atoms with van der Waals surface area (Å²) in [6.07, 6.45) is 3.16. The molecule has 2 aromatic carbocycles. The van der Waals surface area contributed by atoms with E-state index >= 15 is 0 Å². The van der Waals surface area contributed by atoms with Gasteiger partial charge in [0.2, 0.25) is 5.91 Å². The van der Waals surface area contributed by atoms with Crippen LogP contribution in [-0.2, 0) is 31.6 Å². The van der Waals surface area contributed by atoms with E-state index in [1.54, 1.807) is 30.3 Å². The number of likely N-dealkylation sites (tertiary alicyclic amines) is 1. The van der Waals surface area contributed by atoms with E-state index in [2.05, 4.69) is 20.5 Å². The van der Waals surface area contributed by atoms with Gasteiger partial charge in [-0.3, -0.25) is 9.59 Å². The Balaban J connectivity index is 1.32. The summed E-state index contributed by atoms with van der Waals surface area (Å²) < 4.78 is 26.7. The van der Waals surface area contributed by atoms with Crippen LogP contribution in [0.3, 0.4) is 0 Å². The van der Waals surface area contributed by atoms with Crippen molar-refractivity contribution in [1.29, 1.82) is 0 Å². The molecule has 0 radical (unpaired) electrons. The summed E-state index contributed by atoms with van der Waals surface area (Å²) in [5.74, 6) is -0.833. The number of carbonyl (C=O) groups excluding carboxylic acids is 2. The summed E-state index contributed by atoms with van der Waals surface area (Å²) in [7, 11) is -3.84. The van der Waals surface area contributed by atoms with E-state index in [4.69, 9.17) is 23.2 Å². The molecule has 2 amide bonds. The number of aliphatic hydroxyl groups excluding tert-OH is 1. The number of aliphatic hydroxyl groups is 1. The molecule has 0 aliphatic carbocycles. The number of aromatic nitrogens is 1. The fraction of sp³-hybridized carbons (Fsp3) is 0.355. The number of nitrogens with zero attached hydrogens (tertiary/aromatic N) is 1. The first-order valence-electron chi connectivity index (χ1n) is 14.1. The monoisotopic (exact) mass is 644 g/mol. The molecule has 5 rings (SSSR count). The van der Waals surface area contributed by atoms with Crippen LogP contribution in [0.1, 0.15) is 46.5 Å². The van der Waals surface area contributed by atoms with Crippen molar-refractivity contribution in [2.75, 3.05) is 31.5 Å². The number of aryl methyl sites for hydroxylation is 1. The molecule has 1 fully saturated rings. The first-order valence-corrected chi connectivity index (χ1v) is 16.5. The molecule has 228 valence electrons. The fourth-order valence-electron chi connectivity index (χ4n) is 5.54. The van der Waals surface area contributed by atoms with Crippen molar-refractivity contribution < 1.29 is 23.1 Å². The summed E-state index contributed by atoms with van der Waals surface area (Å²) >= 11 is 12.4. The normalized spacial score (nSPS) is 16.9. The summed E-state index contributed by atoms with van der Waals surface area (Å²) in [4.78, 5) is 31.3. The Hall–Kier alpha value is -3.15. The van der Waals surface area contributed by atoms with Gasteiger partial charge in [-0.15, -0.1) is 0 Å². The van der Waals surface area contributed by atoms with Crippen LogP contribution in [0.5, 0.6) is 0 Å². The largest absolute Gasteiger partial charge is 0.393 e. The van der Waals surface area contributed by atoms with Gasteiger partial charge in [0, 0.05) is 64.4 Å². The van der Waals surface area contributed by atoms with E-state index in [-0.39, 0.29) is 45.0 Å². The SMILES string of the molecule is Cc1[nH]c(C=C2C(=O)Nc3ccc(S(=O)(=O)Cc4c(Cl)cccc4Cl)cc32)c(C)c1CC(=O)NCCN1CCC(O)CC1. The third-order valence-electron chi connectivity index (χ3n) is 8.09. The molecule has 2 aliphatic heterocycles. The number of H-pyrrole nitrogens is 1. The number of nitrogens with one attached hydrogen (secondary N) is 3. The minimum Gasteiger partial charge on any atom is -0.393 e. The molecule has 1 aromatic heterocycles. The number of benzene rings is 2. The molecule has 4 N–H and O–H groups in total. The summed E-state index contributed by atoms with van der Waals surface area (Å²) in [6, 6.07) is 9.34. The number of rotatable bonds is 9. The van der Waals surface area contributed by atoms with Crippen LogP contribution in [0.4, 0.5) is 5.69 Å². The highest BCUT2D eigenvalue weighted by molar-refractivity contribution is 7.90. The van der Waals surface area contributed by atoms with E-state index in [9.17, 15) is 23.1 Å². The van der Waals surface area contributed by atoms with Crippen LogP contribution >= 0.6 is 23.2 Å². The van der Waals surface area contributed by atoms with Crippen molar-refractivity contribution in [3.63, 3.8) is 0 Å². The maximum atomic E-state index is 13.3. The Kier molecular flexibility index (Phi) is 9.34. The first-order chi connectivity index (χ1) is 20.4. The van der Waals surface area contributed by atoms with Gasteiger partial charge >= 0.3 is 0 Å². The molecule has 1 saturated heterocycles. The second-order valence-corrected chi connectivity index (χ2v) is 13.8. The highest BCUT2D eigenvalue weighted by Gasteiger charge is 2.28. The van der Waals surface area contributed by atoms with E-state index in [0.29, 0.717) is 34.6 Å². The number of hydrogen-bond acceptors (Lipinski definition) is 6. The summed E-state index contributed by atoms with van der Waals surface area (Å²) in [5.41, 5.74) is 4.77. The average molecular weight is 646 g/mol. The van der Waals surface area contributed by atoms with Crippen LogP contribution < -0.4 is 10.6 Å². The zero-order chi connectivity index (χ0) is 30.9. The first kappa shape index (κ1) is 31.3. The third kappa shape index (κ3) is 6.99. The number of carbonyl (C=O) groups is 2. The number of hydrogen-bond donors (Lipinski definition) is 4. The van der Waals surface area contributed by atoms with Gasteiger partial charge in [0.25, 0.3) is 5.91 Å². The number of aromatic amines is 1. The lowest BCUT2D eigenvalue weighted by Crippen LogP contribution is -2.41. The molecule has 12 heteroatoms. The molecule has 0 saturated carbocycles. The molecule has 9 nitrogen and oxygen atoms in total. The molecular weight excluding hydrogens is 611 g/mol. The van der Waals surface area contributed by atoms with Gasteiger partial charge in [-0.2, -0.15) is 0 Å². The van der Waals surface area contributed by atoms with Gasteiger partial charge in [-0.1, -0.05) is 29.3 Å². The second kappa shape index (κ2) is 12.8. The maximum Gasteiger partial charge on any atom is 0.256 e. The van der Waals surface area contributed by atoms with E-state index < -0.39 is 9.84 Å². The summed E-state index contributed by atoms with van der Waals surface area (Å²) in [6.45, 7) is 6.68. The molecule has 0 atom stereocenters. The predicted octanol–water partition coefficient (Wildman–Crippen LogP) is 4.52. The van der Waals surface area contributed by atoms with Crippen LogP contribution in [0.15, 0.2) is 41.3 Å². The number of amides is 2. The molecular formula is C31H34Cl2N4O5S. The predicted molar refractivity (Wildman–Crippen MR) is 169 cm³/mol. The zero-order valence-electron chi connectivity index (χ0n) is 24.0. The van der Waals surface area contributed by atoms with Crippen molar-refractivity contribution in [3.8, 4) is 0 Å². The van der Waals surface area contributed by atoms with E-state index in [1.807, 2.05) is 13.8 Å². The van der Waals surface area contributed by atoms with Gasteiger partial charge in [0.1, 0.15) is 0 Å². The Morgan fingerprint density at radius 1 is 1.12 bits per heavy atom. The lowest BCUT2D eigenvalue weighted by molar-refractivity contribution is -0.120. The van der Waals surface area contributed by atoms with Gasteiger partial charge in [0.15, 0.2) is 9.84 Å². The van der Waals surface area contributed by atoms with Crippen molar-refractivity contribution >= 4 is 62.2 Å². The number of anilines is 1. The Morgan fingerprint density at radius 2 is 1.81 bits per heavy atom. The molecule has 3 heterocycles. The molecule has 0 bridgehead atoms. The standard InChI is InChI=1S/C31H34Cl2N4O5S/c1-18-22(16-30(39)34-10-13-37-11-8-20(38)9-12-37)19(2)35-29(18)15-24-23-14-21(6-7-28(23)36-31(24)40)43(41,42)17-25-26(32)4-3-5-27(25)33/h3-7,14-15,20,35,38H,8-13,16-17H2,1-2H3,(H,34,39)(H,36,40). The average Bonchev–Trinajstić information content (AvgIpc) is 3.41. The fourth-order valence-corrected chi connectivity index (χ4v) is 7.66. The van der Waals surface area contributed by atoms with Crippen LogP contribution in [-0.4, -0.2) is 67.5 Å². The van der Waals surface area contributed by atoms with Gasteiger partial charge in [-0.25, -0.2) is 8.42 Å². The lowest BCUT2D eigenvalue weighted by atomic mass is 10.0. The number of fused-ring (bicyclic) bond motifs is 1. The highest BCUT2D eigenvalue weighted by Crippen LogP contribution is 2.37. The Morgan fingerprint density at radius 3 is 2.51 bits per heavy atom. The van der Waals surface area contributed by atoms with Gasteiger partial charge in [0.05, 0.1) is 28.7 Å². The van der Waals surface area contributed by atoms with Crippen molar-refractivity contribution in [2.45, 2.75) is 49.9 Å². The summed E-state index contributed by atoms with van der Waals surface area (Å²) in [5, 5.41) is 16.0. The Bertz CT molecular complexity index is 1690. The number of halogens is 2. The topological polar surface area (TPSA) is 132 Å². The van der Waals surface area contributed by atoms with Crippen molar-refractivity contribution in [1.82, 2.24) is 15.2 Å². The van der Waals surface area contributed by atoms with Crippen LogP contribution in [0.25, 0.3) is 11.6 Å². The minimum absolute atomic E-state index is 0.0436. The van der Waals surface area contributed by atoms with E-state index in [1.165, 1.54) is 12.1 Å². The van der Waals surface area contributed by atoms with Crippen molar-refractivity contribution in [2.24, 2.45) is 0 Å². The molecule has 0 spiro atoms. The van der Waals surface area contributed by atoms with Gasteiger partial charge < -0.3 is 25.6 Å². The molecule has 43 heavy (non-hydrogen) atoms. The lowest BCUT2D eigenvalue weighted by Gasteiger charge is -2.29. The number of piperidine rings is 1. The van der Waals surface area contributed by atoms with Crippen molar-refractivity contribution in [3.05, 3.63) is 80.1 Å². The molecule has 0 unspecified atom stereocenters. The molecule has 3 aromatic rings. The zero-order valence-corrected chi connectivity index (χ0v) is 26.3. The van der Waals surface area contributed by atoms with Crippen LogP contribution in [0, 0.1) is 13.8 Å². The minimum atomic E-state index is -3.84. The Labute approximate surface area is 261 Å². The van der Waals surface area contributed by atoms with E-state index in [0.717, 1.165) is 49.3 Å². The maximum absolute atomic E-state index is 13.3. The third-order valence-corrected chi connectivity index (χ3v) is 10.4. The quantitative estimate of drug-likeness (QED) is 0.253. The molecule has 2 aliphatic rings. The van der Waals surface area contributed by atoms with Gasteiger partial charge in [-0.05, 0) is 74.2 Å². The highest BCUT2D eigenvalue weighted by atomic mass is 35.5. The van der Waals surface area contributed by atoms with Crippen LogP contribution in [0.2, 0.25) is 10.0 Å². The smallest absolute Gasteiger partial charge is 0.256 e. The number of sulfone groups is 1.